The van der Waals surface area contributed by atoms with Crippen LogP contribution in [0.3, 0.4) is 0 Å². The van der Waals surface area contributed by atoms with E-state index in [2.05, 4.69) is 9.97 Å². The number of hydrogen-bond acceptors (Lipinski definition) is 3. The average molecular weight is 236 g/mol. The van der Waals surface area contributed by atoms with Gasteiger partial charge in [0.2, 0.25) is 0 Å². The molecule has 0 aromatic carbocycles. The number of nitrogens with zero attached hydrogens (tertiary/aromatic N) is 2. The second kappa shape index (κ2) is 5.34. The van der Waals surface area contributed by atoms with E-state index in [-0.39, 0.29) is 5.75 Å². The number of thioether (sulfide) groups is 1. The molecule has 0 amide bonds. The van der Waals surface area contributed by atoms with Crippen molar-refractivity contribution in [2.24, 2.45) is 0 Å². The number of alkyl halides is 3. The quantitative estimate of drug-likeness (QED) is 0.752. The molecule has 0 saturated carbocycles. The Labute approximate surface area is 90.3 Å². The Balaban J connectivity index is 2.23. The molecule has 1 heterocycles. The molecule has 1 aromatic heterocycles. The van der Waals surface area contributed by atoms with Crippen molar-refractivity contribution in [1.82, 2.24) is 9.97 Å². The van der Waals surface area contributed by atoms with Crippen LogP contribution in [0.1, 0.15) is 17.8 Å². The lowest BCUT2D eigenvalue weighted by molar-refractivity contribution is -0.129. The molecule has 0 N–H and O–H groups in total. The van der Waals surface area contributed by atoms with Gasteiger partial charge in [0.1, 0.15) is 5.82 Å². The fraction of sp³-hybridized carbons (Fsp3) is 0.556. The Morgan fingerprint density at radius 3 is 2.40 bits per heavy atom. The lowest BCUT2D eigenvalue weighted by Crippen LogP contribution is -2.08. The van der Waals surface area contributed by atoms with Gasteiger partial charge in [0.05, 0.1) is 6.42 Å². The smallest absolute Gasteiger partial charge is 0.241 e. The van der Waals surface area contributed by atoms with Gasteiger partial charge in [-0.3, -0.25) is 0 Å². The summed E-state index contributed by atoms with van der Waals surface area (Å²) in [5.74, 6) is 1.27. The molecule has 0 aliphatic heterocycles. The predicted molar refractivity (Wildman–Crippen MR) is 53.6 cm³/mol. The Morgan fingerprint density at radius 2 is 1.87 bits per heavy atom. The predicted octanol–water partition coefficient (Wildman–Crippen LogP) is 2.97. The minimum atomic E-state index is -4.06. The highest BCUT2D eigenvalue weighted by molar-refractivity contribution is 7.98. The molecule has 0 bridgehead atoms. The first-order valence-corrected chi connectivity index (χ1v) is 5.55. The van der Waals surface area contributed by atoms with E-state index in [4.69, 9.17) is 0 Å². The second-order valence-electron chi connectivity index (χ2n) is 3.06. The summed E-state index contributed by atoms with van der Waals surface area (Å²) < 4.78 is 35.4. The van der Waals surface area contributed by atoms with Crippen molar-refractivity contribution in [3.63, 3.8) is 0 Å². The van der Waals surface area contributed by atoms with Crippen LogP contribution in [0.5, 0.6) is 0 Å². The van der Waals surface area contributed by atoms with Crippen LogP contribution in [0, 0.1) is 6.92 Å². The Morgan fingerprint density at radius 1 is 1.27 bits per heavy atom. The van der Waals surface area contributed by atoms with Crippen molar-refractivity contribution < 1.29 is 13.2 Å². The molecule has 6 heteroatoms. The highest BCUT2D eigenvalue weighted by Crippen LogP contribution is 2.23. The largest absolute Gasteiger partial charge is 0.389 e. The summed E-state index contributed by atoms with van der Waals surface area (Å²) in [5.41, 5.74) is 0.854. The monoisotopic (exact) mass is 236 g/mol. The van der Waals surface area contributed by atoms with Gasteiger partial charge in [0, 0.05) is 23.9 Å². The second-order valence-corrected chi connectivity index (χ2v) is 4.16. The van der Waals surface area contributed by atoms with Gasteiger partial charge in [-0.15, -0.1) is 0 Å². The standard InChI is InChI=1S/C9H11F3N2S/c1-7-13-4-8(5-14-7)6-15-3-2-9(10,11)12/h4-5H,2-3,6H2,1H3. The van der Waals surface area contributed by atoms with Crippen molar-refractivity contribution >= 4 is 11.8 Å². The van der Waals surface area contributed by atoms with Crippen LogP contribution in [0.25, 0.3) is 0 Å². The molecule has 0 unspecified atom stereocenters. The molecule has 1 rings (SSSR count). The summed E-state index contributed by atoms with van der Waals surface area (Å²) >= 11 is 1.24. The fourth-order valence-corrected chi connectivity index (χ4v) is 1.78. The molecule has 0 radical (unpaired) electrons. The van der Waals surface area contributed by atoms with E-state index in [1.807, 2.05) is 0 Å². The van der Waals surface area contributed by atoms with Crippen molar-refractivity contribution in [2.75, 3.05) is 5.75 Å². The van der Waals surface area contributed by atoms with Gasteiger partial charge in [0.25, 0.3) is 0 Å². The highest BCUT2D eigenvalue weighted by atomic mass is 32.2. The van der Waals surface area contributed by atoms with E-state index in [1.165, 1.54) is 11.8 Å². The molecule has 0 fully saturated rings. The first kappa shape index (κ1) is 12.3. The third-order valence-electron chi connectivity index (χ3n) is 1.63. The first-order chi connectivity index (χ1) is 6.97. The van der Waals surface area contributed by atoms with Crippen molar-refractivity contribution in [3.8, 4) is 0 Å². The Hall–Kier alpha value is -0.780. The molecule has 15 heavy (non-hydrogen) atoms. The van der Waals surface area contributed by atoms with Crippen molar-refractivity contribution in [1.29, 1.82) is 0 Å². The molecule has 0 atom stereocenters. The zero-order chi connectivity index (χ0) is 11.3. The summed E-state index contributed by atoms with van der Waals surface area (Å²) in [4.78, 5) is 7.92. The first-order valence-electron chi connectivity index (χ1n) is 4.39. The van der Waals surface area contributed by atoms with E-state index in [1.54, 1.807) is 19.3 Å². The number of rotatable bonds is 4. The van der Waals surface area contributed by atoms with E-state index in [0.29, 0.717) is 11.6 Å². The topological polar surface area (TPSA) is 25.8 Å². The summed E-state index contributed by atoms with van der Waals surface area (Å²) in [7, 11) is 0. The maximum absolute atomic E-state index is 11.8. The lowest BCUT2D eigenvalue weighted by atomic mass is 10.4. The Bertz CT molecular complexity index is 297. The van der Waals surface area contributed by atoms with E-state index >= 15 is 0 Å². The van der Waals surface area contributed by atoms with Gasteiger partial charge in [-0.25, -0.2) is 9.97 Å². The molecule has 84 valence electrons. The zero-order valence-electron chi connectivity index (χ0n) is 8.21. The van der Waals surface area contributed by atoms with Gasteiger partial charge in [-0.1, -0.05) is 0 Å². The minimum absolute atomic E-state index is 0.0807. The third-order valence-corrected chi connectivity index (χ3v) is 2.66. The van der Waals surface area contributed by atoms with Crippen LogP contribution in [0.4, 0.5) is 13.2 Å². The number of hydrogen-bond donors (Lipinski definition) is 0. The molecule has 0 aliphatic rings. The summed E-state index contributed by atoms with van der Waals surface area (Å²) in [5, 5.41) is 0. The molecule has 2 nitrogen and oxygen atoms in total. The van der Waals surface area contributed by atoms with E-state index in [0.717, 1.165) is 5.56 Å². The number of aromatic nitrogens is 2. The number of aryl methyl sites for hydroxylation is 1. The van der Waals surface area contributed by atoms with Gasteiger partial charge >= 0.3 is 6.18 Å². The fourth-order valence-electron chi connectivity index (χ4n) is 0.872. The SMILES string of the molecule is Cc1ncc(CSCCC(F)(F)F)cn1. The summed E-state index contributed by atoms with van der Waals surface area (Å²) in [6.45, 7) is 1.76. The molecule has 0 saturated heterocycles. The van der Waals surface area contributed by atoms with Crippen LogP contribution in [-0.4, -0.2) is 21.9 Å². The third kappa shape index (κ3) is 5.61. The number of halogens is 3. The van der Waals surface area contributed by atoms with Crippen LogP contribution in [-0.2, 0) is 5.75 Å². The molecule has 0 aliphatic carbocycles. The minimum Gasteiger partial charge on any atom is -0.241 e. The molecular weight excluding hydrogens is 225 g/mol. The van der Waals surface area contributed by atoms with Crippen LogP contribution >= 0.6 is 11.8 Å². The van der Waals surface area contributed by atoms with Gasteiger partial charge in [0.15, 0.2) is 0 Å². The highest BCUT2D eigenvalue weighted by Gasteiger charge is 2.25. The normalized spacial score (nSPS) is 11.7. The maximum atomic E-state index is 11.8. The van der Waals surface area contributed by atoms with Crippen molar-refractivity contribution in [3.05, 3.63) is 23.8 Å². The van der Waals surface area contributed by atoms with Gasteiger partial charge in [-0.2, -0.15) is 24.9 Å². The average Bonchev–Trinajstić information content (AvgIpc) is 2.14. The lowest BCUT2D eigenvalue weighted by Gasteiger charge is -2.05. The molecule has 0 spiro atoms. The van der Waals surface area contributed by atoms with E-state index in [9.17, 15) is 13.2 Å². The zero-order valence-corrected chi connectivity index (χ0v) is 9.03. The van der Waals surface area contributed by atoms with Gasteiger partial charge < -0.3 is 0 Å². The molecular formula is C9H11F3N2S. The molecule has 1 aromatic rings. The van der Waals surface area contributed by atoms with Crippen LogP contribution in [0.2, 0.25) is 0 Å². The summed E-state index contributed by atoms with van der Waals surface area (Å²) in [6, 6.07) is 0. The Kier molecular flexibility index (Phi) is 4.38. The van der Waals surface area contributed by atoms with Gasteiger partial charge in [-0.05, 0) is 12.5 Å². The van der Waals surface area contributed by atoms with Crippen LogP contribution < -0.4 is 0 Å². The van der Waals surface area contributed by atoms with E-state index < -0.39 is 12.6 Å². The van der Waals surface area contributed by atoms with Crippen LogP contribution in [0.15, 0.2) is 12.4 Å². The summed E-state index contributed by atoms with van der Waals surface area (Å²) in [6.07, 6.45) is -1.52. The van der Waals surface area contributed by atoms with Crippen molar-refractivity contribution in [2.45, 2.75) is 25.3 Å². The maximum Gasteiger partial charge on any atom is 0.389 e.